The third-order valence-corrected chi connectivity index (χ3v) is 3.83. The standard InChI is InChI=1S/C18H17NO4/c19-17(20)13-7-5-12(6-8-13)10-23-18(21)15-9-14-3-1-2-4-16(14)22-11-15/h1-8,15H,9-11H2,(H2,19,20). The van der Waals surface area contributed by atoms with Crippen molar-refractivity contribution in [2.45, 2.75) is 13.0 Å². The molecule has 2 aromatic carbocycles. The lowest BCUT2D eigenvalue weighted by Gasteiger charge is -2.23. The monoisotopic (exact) mass is 311 g/mol. The summed E-state index contributed by atoms with van der Waals surface area (Å²) in [5, 5.41) is 0. The van der Waals surface area contributed by atoms with E-state index in [1.807, 2.05) is 24.3 Å². The lowest BCUT2D eigenvalue weighted by Crippen LogP contribution is -2.29. The van der Waals surface area contributed by atoms with Gasteiger partial charge in [0.05, 0.1) is 5.92 Å². The minimum absolute atomic E-state index is 0.163. The predicted octanol–water partition coefficient (Wildman–Crippen LogP) is 2.08. The van der Waals surface area contributed by atoms with Crippen molar-refractivity contribution >= 4 is 11.9 Å². The molecule has 118 valence electrons. The Morgan fingerprint density at radius 1 is 1.13 bits per heavy atom. The summed E-state index contributed by atoms with van der Waals surface area (Å²) < 4.78 is 10.9. The third kappa shape index (κ3) is 3.51. The second-order valence-electron chi connectivity index (χ2n) is 5.49. The summed E-state index contributed by atoms with van der Waals surface area (Å²) in [6, 6.07) is 14.4. The van der Waals surface area contributed by atoms with Crippen LogP contribution in [0.15, 0.2) is 48.5 Å². The summed E-state index contributed by atoms with van der Waals surface area (Å²) in [6.45, 7) is 0.493. The molecule has 1 aliphatic rings. The molecule has 0 aromatic heterocycles. The Kier molecular flexibility index (Phi) is 4.28. The van der Waals surface area contributed by atoms with E-state index >= 15 is 0 Å². The van der Waals surface area contributed by atoms with Crippen LogP contribution in [-0.2, 0) is 22.6 Å². The molecule has 0 saturated carbocycles. The molecular weight excluding hydrogens is 294 g/mol. The van der Waals surface area contributed by atoms with Crippen LogP contribution in [0, 0.1) is 5.92 Å². The summed E-state index contributed by atoms with van der Waals surface area (Å²) in [7, 11) is 0. The lowest BCUT2D eigenvalue weighted by atomic mass is 9.97. The van der Waals surface area contributed by atoms with Gasteiger partial charge in [-0.15, -0.1) is 0 Å². The van der Waals surface area contributed by atoms with E-state index in [-0.39, 0.29) is 18.5 Å². The van der Waals surface area contributed by atoms with E-state index in [1.54, 1.807) is 24.3 Å². The Balaban J connectivity index is 1.57. The van der Waals surface area contributed by atoms with Crippen LogP contribution in [-0.4, -0.2) is 18.5 Å². The Morgan fingerprint density at radius 3 is 2.61 bits per heavy atom. The smallest absolute Gasteiger partial charge is 0.313 e. The molecule has 1 heterocycles. The highest BCUT2D eigenvalue weighted by atomic mass is 16.5. The third-order valence-electron chi connectivity index (χ3n) is 3.83. The van der Waals surface area contributed by atoms with E-state index in [4.69, 9.17) is 15.2 Å². The van der Waals surface area contributed by atoms with Gasteiger partial charge in [-0.05, 0) is 35.7 Å². The molecule has 3 rings (SSSR count). The number of esters is 1. The molecule has 5 nitrogen and oxygen atoms in total. The number of ether oxygens (including phenoxy) is 2. The van der Waals surface area contributed by atoms with Crippen LogP contribution in [0.25, 0.3) is 0 Å². The number of nitrogens with two attached hydrogens (primary N) is 1. The van der Waals surface area contributed by atoms with E-state index in [1.165, 1.54) is 0 Å². The number of amides is 1. The van der Waals surface area contributed by atoms with Gasteiger partial charge >= 0.3 is 5.97 Å². The van der Waals surface area contributed by atoms with Gasteiger partial charge in [-0.1, -0.05) is 30.3 Å². The summed E-state index contributed by atoms with van der Waals surface area (Å²) in [6.07, 6.45) is 0.621. The molecule has 5 heteroatoms. The van der Waals surface area contributed by atoms with Crippen molar-refractivity contribution in [2.75, 3.05) is 6.61 Å². The SMILES string of the molecule is NC(=O)c1ccc(COC(=O)C2COc3ccccc3C2)cc1. The fraction of sp³-hybridized carbons (Fsp3) is 0.222. The van der Waals surface area contributed by atoms with Gasteiger partial charge in [-0.25, -0.2) is 0 Å². The molecule has 2 N–H and O–H groups in total. The zero-order valence-corrected chi connectivity index (χ0v) is 12.5. The molecular formula is C18H17NO4. The van der Waals surface area contributed by atoms with E-state index in [2.05, 4.69) is 0 Å². The molecule has 0 aliphatic carbocycles. The molecule has 23 heavy (non-hydrogen) atoms. The Hall–Kier alpha value is -2.82. The van der Waals surface area contributed by atoms with Crippen LogP contribution in [0.2, 0.25) is 0 Å². The topological polar surface area (TPSA) is 78.6 Å². The van der Waals surface area contributed by atoms with E-state index in [9.17, 15) is 9.59 Å². The van der Waals surface area contributed by atoms with Crippen LogP contribution in [0.1, 0.15) is 21.5 Å². The molecule has 0 fully saturated rings. The maximum atomic E-state index is 12.2. The molecule has 0 radical (unpaired) electrons. The number of rotatable bonds is 4. The Bertz CT molecular complexity index is 724. The van der Waals surface area contributed by atoms with Gasteiger partial charge in [-0.2, -0.15) is 0 Å². The largest absolute Gasteiger partial charge is 0.492 e. The summed E-state index contributed by atoms with van der Waals surface area (Å²) in [5.74, 6) is -0.224. The molecule has 1 aliphatic heterocycles. The van der Waals surface area contributed by atoms with Crippen LogP contribution in [0.4, 0.5) is 0 Å². The first-order valence-corrected chi connectivity index (χ1v) is 7.39. The number of hydrogen-bond acceptors (Lipinski definition) is 4. The normalized spacial score (nSPS) is 16.1. The highest BCUT2D eigenvalue weighted by Crippen LogP contribution is 2.27. The van der Waals surface area contributed by atoms with Crippen molar-refractivity contribution in [3.8, 4) is 5.75 Å². The summed E-state index contributed by atoms with van der Waals surface area (Å²) in [5.41, 5.74) is 7.44. The zero-order valence-electron chi connectivity index (χ0n) is 12.5. The van der Waals surface area contributed by atoms with Crippen molar-refractivity contribution in [3.63, 3.8) is 0 Å². The van der Waals surface area contributed by atoms with Gasteiger partial charge in [0, 0.05) is 5.56 Å². The van der Waals surface area contributed by atoms with Crippen LogP contribution in [0.3, 0.4) is 0 Å². The van der Waals surface area contributed by atoms with Gasteiger partial charge in [0.25, 0.3) is 0 Å². The number of hydrogen-bond donors (Lipinski definition) is 1. The van der Waals surface area contributed by atoms with Crippen molar-refractivity contribution in [1.29, 1.82) is 0 Å². The average molecular weight is 311 g/mol. The number of carbonyl (C=O) groups excluding carboxylic acids is 2. The van der Waals surface area contributed by atoms with Crippen molar-refractivity contribution < 1.29 is 19.1 Å². The highest BCUT2D eigenvalue weighted by Gasteiger charge is 2.27. The first-order valence-electron chi connectivity index (χ1n) is 7.39. The molecule has 1 unspecified atom stereocenters. The van der Waals surface area contributed by atoms with Gasteiger partial charge < -0.3 is 15.2 Å². The quantitative estimate of drug-likeness (QED) is 0.877. The lowest BCUT2D eigenvalue weighted by molar-refractivity contribution is -0.151. The molecule has 0 bridgehead atoms. The van der Waals surface area contributed by atoms with Crippen molar-refractivity contribution in [1.82, 2.24) is 0 Å². The van der Waals surface area contributed by atoms with Gasteiger partial charge in [0.15, 0.2) is 0 Å². The number of carbonyl (C=O) groups is 2. The molecule has 1 amide bonds. The molecule has 0 spiro atoms. The van der Waals surface area contributed by atoms with E-state index in [0.29, 0.717) is 18.6 Å². The maximum absolute atomic E-state index is 12.2. The Morgan fingerprint density at radius 2 is 1.87 bits per heavy atom. The Labute approximate surface area is 134 Å². The van der Waals surface area contributed by atoms with Gasteiger partial charge in [0.2, 0.25) is 5.91 Å². The minimum Gasteiger partial charge on any atom is -0.492 e. The van der Waals surface area contributed by atoms with Crippen LogP contribution < -0.4 is 10.5 Å². The molecule has 1 atom stereocenters. The van der Waals surface area contributed by atoms with Crippen molar-refractivity contribution in [3.05, 3.63) is 65.2 Å². The number of primary amides is 1. The van der Waals surface area contributed by atoms with Crippen molar-refractivity contribution in [2.24, 2.45) is 11.7 Å². The second kappa shape index (κ2) is 6.52. The van der Waals surface area contributed by atoms with Crippen LogP contribution >= 0.6 is 0 Å². The summed E-state index contributed by atoms with van der Waals surface area (Å²) in [4.78, 5) is 23.2. The second-order valence-corrected chi connectivity index (χ2v) is 5.49. The molecule has 0 saturated heterocycles. The predicted molar refractivity (Wildman–Crippen MR) is 83.9 cm³/mol. The zero-order chi connectivity index (χ0) is 16.2. The molecule has 2 aromatic rings. The fourth-order valence-electron chi connectivity index (χ4n) is 2.52. The number of fused-ring (bicyclic) bond motifs is 1. The van der Waals surface area contributed by atoms with E-state index in [0.717, 1.165) is 16.9 Å². The first kappa shape index (κ1) is 15.1. The number of benzene rings is 2. The summed E-state index contributed by atoms with van der Waals surface area (Å²) >= 11 is 0. The highest BCUT2D eigenvalue weighted by molar-refractivity contribution is 5.92. The minimum atomic E-state index is -0.480. The van der Waals surface area contributed by atoms with Gasteiger partial charge in [-0.3, -0.25) is 9.59 Å². The first-order chi connectivity index (χ1) is 11.1. The van der Waals surface area contributed by atoms with Crippen LogP contribution in [0.5, 0.6) is 5.75 Å². The maximum Gasteiger partial charge on any atom is 0.313 e. The van der Waals surface area contributed by atoms with E-state index < -0.39 is 5.91 Å². The fourth-order valence-corrected chi connectivity index (χ4v) is 2.52. The number of para-hydroxylation sites is 1. The average Bonchev–Trinajstić information content (AvgIpc) is 2.59. The van der Waals surface area contributed by atoms with Gasteiger partial charge in [0.1, 0.15) is 19.0 Å².